The lowest BCUT2D eigenvalue weighted by Crippen LogP contribution is -1.97. The molecule has 0 aliphatic rings. The van der Waals surface area contributed by atoms with E-state index in [9.17, 15) is 0 Å². The van der Waals surface area contributed by atoms with E-state index in [2.05, 4.69) is 20.9 Å². The summed E-state index contributed by atoms with van der Waals surface area (Å²) < 4.78 is 0.917. The fourth-order valence-electron chi connectivity index (χ4n) is 0.582. The smallest absolute Gasteiger partial charge is 0.159 e. The van der Waals surface area contributed by atoms with Gasteiger partial charge in [-0.15, -0.1) is 28.3 Å². The maximum Gasteiger partial charge on any atom is 0.159 e. The highest BCUT2D eigenvalue weighted by atomic mass is 79.9. The van der Waals surface area contributed by atoms with E-state index in [1.54, 1.807) is 11.3 Å². The largest absolute Gasteiger partial charge is 0.325 e. The molecule has 0 radical (unpaired) electrons. The summed E-state index contributed by atoms with van der Waals surface area (Å²) in [5.74, 6) is 0. The normalized spacial score (nSPS) is 9.10. The molecular formula is C5H8Br2N2S. The molecule has 0 unspecified atom stereocenters. The van der Waals surface area contributed by atoms with Gasteiger partial charge in [-0.25, -0.2) is 4.98 Å². The molecule has 1 aromatic rings. The molecule has 2 nitrogen and oxygen atoms in total. The SMILES string of the molecule is Br.Cc1sc(Br)nc1CN. The second kappa shape index (κ2) is 4.43. The summed E-state index contributed by atoms with van der Waals surface area (Å²) in [4.78, 5) is 5.34. The number of halogens is 2. The zero-order valence-corrected chi connectivity index (χ0v) is 9.54. The molecule has 0 spiro atoms. The lowest BCUT2D eigenvalue weighted by atomic mass is 10.4. The molecule has 1 heterocycles. The van der Waals surface area contributed by atoms with E-state index in [-0.39, 0.29) is 17.0 Å². The van der Waals surface area contributed by atoms with E-state index in [1.807, 2.05) is 6.92 Å². The first-order valence-corrected chi connectivity index (χ1v) is 4.17. The molecule has 0 aliphatic heterocycles. The van der Waals surface area contributed by atoms with Crippen molar-refractivity contribution in [1.82, 2.24) is 4.98 Å². The van der Waals surface area contributed by atoms with Gasteiger partial charge in [0.25, 0.3) is 0 Å². The van der Waals surface area contributed by atoms with E-state index >= 15 is 0 Å². The van der Waals surface area contributed by atoms with Crippen molar-refractivity contribution in [1.29, 1.82) is 0 Å². The third kappa shape index (κ3) is 2.30. The number of thiazole rings is 1. The van der Waals surface area contributed by atoms with Gasteiger partial charge in [0.2, 0.25) is 0 Å². The first-order chi connectivity index (χ1) is 4.24. The lowest BCUT2D eigenvalue weighted by molar-refractivity contribution is 0.991. The van der Waals surface area contributed by atoms with Crippen molar-refractivity contribution in [3.8, 4) is 0 Å². The van der Waals surface area contributed by atoms with Gasteiger partial charge in [0.05, 0.1) is 5.69 Å². The first kappa shape index (κ1) is 10.6. The summed E-state index contributed by atoms with van der Waals surface area (Å²) in [7, 11) is 0. The van der Waals surface area contributed by atoms with Crippen LogP contribution in [0.1, 0.15) is 10.6 Å². The van der Waals surface area contributed by atoms with Crippen LogP contribution in [0.15, 0.2) is 3.92 Å². The highest BCUT2D eigenvalue weighted by Crippen LogP contribution is 2.21. The van der Waals surface area contributed by atoms with E-state index in [1.165, 1.54) is 4.88 Å². The van der Waals surface area contributed by atoms with Gasteiger partial charge in [0, 0.05) is 11.4 Å². The van der Waals surface area contributed by atoms with E-state index < -0.39 is 0 Å². The van der Waals surface area contributed by atoms with Crippen LogP contribution in [0.3, 0.4) is 0 Å². The molecule has 58 valence electrons. The van der Waals surface area contributed by atoms with Gasteiger partial charge in [-0.3, -0.25) is 0 Å². The second-order valence-electron chi connectivity index (χ2n) is 1.67. The van der Waals surface area contributed by atoms with Crippen LogP contribution >= 0.6 is 44.2 Å². The van der Waals surface area contributed by atoms with E-state index in [0.29, 0.717) is 6.54 Å². The molecule has 0 atom stereocenters. The van der Waals surface area contributed by atoms with Crippen molar-refractivity contribution in [2.24, 2.45) is 5.73 Å². The average Bonchev–Trinajstić information content (AvgIpc) is 2.10. The van der Waals surface area contributed by atoms with Gasteiger partial charge in [0.15, 0.2) is 3.92 Å². The minimum atomic E-state index is 0. The maximum atomic E-state index is 5.39. The Balaban J connectivity index is 0.000000810. The standard InChI is InChI=1S/C5H7BrN2S.BrH/c1-3-4(2-7)8-5(6)9-3;/h2,7H2,1H3;1H. The van der Waals surface area contributed by atoms with Gasteiger partial charge in [-0.1, -0.05) is 0 Å². The number of rotatable bonds is 1. The quantitative estimate of drug-likeness (QED) is 0.860. The van der Waals surface area contributed by atoms with E-state index in [4.69, 9.17) is 5.73 Å². The Morgan fingerprint density at radius 1 is 1.70 bits per heavy atom. The molecule has 0 saturated heterocycles. The predicted molar refractivity (Wildman–Crippen MR) is 52.8 cm³/mol. The van der Waals surface area contributed by atoms with Crippen molar-refractivity contribution in [2.45, 2.75) is 13.5 Å². The third-order valence-corrected chi connectivity index (χ3v) is 2.52. The monoisotopic (exact) mass is 286 g/mol. The Morgan fingerprint density at radius 2 is 2.30 bits per heavy atom. The van der Waals surface area contributed by atoms with Crippen LogP contribution < -0.4 is 5.73 Å². The van der Waals surface area contributed by atoms with Crippen LogP contribution in [-0.4, -0.2) is 4.98 Å². The van der Waals surface area contributed by atoms with Crippen LogP contribution in [0.4, 0.5) is 0 Å². The summed E-state index contributed by atoms with van der Waals surface area (Å²) in [6.07, 6.45) is 0. The molecule has 1 aromatic heterocycles. The number of hydrogen-bond acceptors (Lipinski definition) is 3. The second-order valence-corrected chi connectivity index (χ2v) is 4.15. The molecule has 0 saturated carbocycles. The van der Waals surface area contributed by atoms with Gasteiger partial charge < -0.3 is 5.73 Å². The van der Waals surface area contributed by atoms with Crippen molar-refractivity contribution in [3.05, 3.63) is 14.5 Å². The Hall–Kier alpha value is 0.550. The topological polar surface area (TPSA) is 38.9 Å². The Kier molecular flexibility index (Phi) is 4.68. The fourth-order valence-corrected chi connectivity index (χ4v) is 2.18. The molecule has 10 heavy (non-hydrogen) atoms. The van der Waals surface area contributed by atoms with Gasteiger partial charge in [0.1, 0.15) is 0 Å². The minimum Gasteiger partial charge on any atom is -0.325 e. The molecule has 0 aromatic carbocycles. The molecule has 2 N–H and O–H groups in total. The highest BCUT2D eigenvalue weighted by Gasteiger charge is 2.01. The molecule has 5 heteroatoms. The van der Waals surface area contributed by atoms with Gasteiger partial charge in [-0.2, -0.15) is 0 Å². The summed E-state index contributed by atoms with van der Waals surface area (Å²) in [6.45, 7) is 2.55. The molecule has 0 bridgehead atoms. The fraction of sp³-hybridized carbons (Fsp3) is 0.400. The van der Waals surface area contributed by atoms with Crippen molar-refractivity contribution >= 4 is 44.2 Å². The molecule has 1 rings (SSSR count). The summed E-state index contributed by atoms with van der Waals surface area (Å²) in [5, 5.41) is 0. The van der Waals surface area contributed by atoms with Gasteiger partial charge in [-0.05, 0) is 22.9 Å². The Labute approximate surface area is 82.7 Å². The lowest BCUT2D eigenvalue weighted by Gasteiger charge is -1.86. The Morgan fingerprint density at radius 3 is 2.50 bits per heavy atom. The highest BCUT2D eigenvalue weighted by molar-refractivity contribution is 9.11. The Bertz CT molecular complexity index is 211. The summed E-state index contributed by atoms with van der Waals surface area (Å²) in [6, 6.07) is 0. The summed E-state index contributed by atoms with van der Waals surface area (Å²) >= 11 is 4.89. The zero-order chi connectivity index (χ0) is 6.85. The molecule has 0 fully saturated rings. The minimum absolute atomic E-state index is 0. The van der Waals surface area contributed by atoms with Crippen molar-refractivity contribution in [3.63, 3.8) is 0 Å². The van der Waals surface area contributed by atoms with Crippen LogP contribution in [0.2, 0.25) is 0 Å². The first-order valence-electron chi connectivity index (χ1n) is 2.56. The average molecular weight is 288 g/mol. The van der Waals surface area contributed by atoms with Crippen LogP contribution in [-0.2, 0) is 6.54 Å². The van der Waals surface area contributed by atoms with Crippen LogP contribution in [0.25, 0.3) is 0 Å². The number of nitrogens with zero attached hydrogens (tertiary/aromatic N) is 1. The third-order valence-electron chi connectivity index (χ3n) is 1.06. The predicted octanol–water partition coefficient (Wildman–Crippen LogP) is 2.25. The van der Waals surface area contributed by atoms with Crippen LogP contribution in [0, 0.1) is 6.92 Å². The van der Waals surface area contributed by atoms with Crippen molar-refractivity contribution < 1.29 is 0 Å². The van der Waals surface area contributed by atoms with Gasteiger partial charge >= 0.3 is 0 Å². The molecular weight excluding hydrogens is 280 g/mol. The molecule has 0 aliphatic carbocycles. The zero-order valence-electron chi connectivity index (χ0n) is 5.43. The number of aryl methyl sites for hydroxylation is 1. The van der Waals surface area contributed by atoms with E-state index in [0.717, 1.165) is 9.61 Å². The number of hydrogen-bond donors (Lipinski definition) is 1. The number of aromatic nitrogens is 1. The molecule has 0 amide bonds. The number of nitrogens with two attached hydrogens (primary N) is 1. The summed E-state index contributed by atoms with van der Waals surface area (Å²) in [5.41, 5.74) is 6.38. The van der Waals surface area contributed by atoms with Crippen LogP contribution in [0.5, 0.6) is 0 Å². The maximum absolute atomic E-state index is 5.39. The van der Waals surface area contributed by atoms with Crippen molar-refractivity contribution in [2.75, 3.05) is 0 Å².